The van der Waals surface area contributed by atoms with E-state index in [1.807, 2.05) is 56.3 Å². The molecule has 0 saturated heterocycles. The lowest BCUT2D eigenvalue weighted by molar-refractivity contribution is -0.137. The summed E-state index contributed by atoms with van der Waals surface area (Å²) in [5.74, 6) is 0.696. The highest BCUT2D eigenvalue weighted by Gasteiger charge is 2.04. The number of ether oxygens (including phenoxy) is 1. The van der Waals surface area contributed by atoms with Crippen LogP contribution in [0.2, 0.25) is 0 Å². The van der Waals surface area contributed by atoms with Crippen LogP contribution in [0.3, 0.4) is 0 Å². The minimum absolute atomic E-state index is 0.0994. The molecule has 0 atom stereocenters. The fourth-order valence-electron chi connectivity index (χ4n) is 2.02. The van der Waals surface area contributed by atoms with Crippen LogP contribution in [-0.4, -0.2) is 27.9 Å². The lowest BCUT2D eigenvalue weighted by Crippen LogP contribution is -2.06. The van der Waals surface area contributed by atoms with Gasteiger partial charge >= 0.3 is 5.97 Å². The molecule has 0 saturated carbocycles. The first-order valence-corrected chi connectivity index (χ1v) is 8.62. The van der Waals surface area contributed by atoms with Gasteiger partial charge in [-0.1, -0.05) is 18.2 Å². The highest BCUT2D eigenvalue weighted by Crippen LogP contribution is 2.25. The van der Waals surface area contributed by atoms with E-state index in [0.717, 1.165) is 21.9 Å². The normalized spacial score (nSPS) is 10.7. The molecular weight excluding hydrogens is 310 g/mol. The van der Waals surface area contributed by atoms with Crippen molar-refractivity contribution < 1.29 is 14.6 Å². The van der Waals surface area contributed by atoms with Gasteiger partial charge in [0, 0.05) is 22.9 Å². The van der Waals surface area contributed by atoms with Crippen molar-refractivity contribution in [3.63, 3.8) is 0 Å². The first-order valence-electron chi connectivity index (χ1n) is 7.63. The Morgan fingerprint density at radius 2 is 1.96 bits per heavy atom. The van der Waals surface area contributed by atoms with E-state index in [1.54, 1.807) is 11.8 Å². The van der Waals surface area contributed by atoms with Gasteiger partial charge in [-0.3, -0.25) is 4.79 Å². The van der Waals surface area contributed by atoms with Gasteiger partial charge in [-0.2, -0.15) is 0 Å². The van der Waals surface area contributed by atoms with Crippen molar-refractivity contribution in [1.29, 1.82) is 0 Å². The molecule has 0 bridgehead atoms. The molecule has 0 aliphatic heterocycles. The van der Waals surface area contributed by atoms with Gasteiger partial charge in [-0.25, -0.2) is 4.98 Å². The van der Waals surface area contributed by atoms with Gasteiger partial charge < -0.3 is 9.84 Å². The van der Waals surface area contributed by atoms with E-state index in [2.05, 4.69) is 4.98 Å². The van der Waals surface area contributed by atoms with Crippen LogP contribution < -0.4 is 4.74 Å². The van der Waals surface area contributed by atoms with Crippen LogP contribution in [0.25, 0.3) is 11.3 Å². The van der Waals surface area contributed by atoms with Gasteiger partial charge in [0.05, 0.1) is 11.8 Å². The number of aromatic nitrogens is 1. The second-order valence-corrected chi connectivity index (χ2v) is 6.57. The zero-order chi connectivity index (χ0) is 16.7. The summed E-state index contributed by atoms with van der Waals surface area (Å²) in [6, 6.07) is 13.9. The van der Waals surface area contributed by atoms with Crippen LogP contribution in [0.4, 0.5) is 0 Å². The molecule has 0 unspecified atom stereocenters. The SMILES string of the molecule is CC(C)Oc1cccc(-c2ccc(SCCCC(=O)O)cc2)n1. The number of hydrogen-bond donors (Lipinski definition) is 1. The van der Waals surface area contributed by atoms with Crippen molar-refractivity contribution in [2.45, 2.75) is 37.7 Å². The number of hydrogen-bond acceptors (Lipinski definition) is 4. The number of carboxylic acid groups (broad SMARTS) is 1. The third-order valence-electron chi connectivity index (χ3n) is 3.03. The predicted octanol–water partition coefficient (Wildman–Crippen LogP) is 4.49. The van der Waals surface area contributed by atoms with Crippen molar-refractivity contribution >= 4 is 17.7 Å². The van der Waals surface area contributed by atoms with E-state index >= 15 is 0 Å². The molecule has 5 heteroatoms. The maximum atomic E-state index is 10.5. The fourth-order valence-corrected chi connectivity index (χ4v) is 2.87. The van der Waals surface area contributed by atoms with Crippen LogP contribution in [0.1, 0.15) is 26.7 Å². The smallest absolute Gasteiger partial charge is 0.303 e. The third kappa shape index (κ3) is 5.94. The molecule has 0 spiro atoms. The van der Waals surface area contributed by atoms with E-state index in [0.29, 0.717) is 12.3 Å². The standard InChI is InChI=1S/C18H21NO3S/c1-13(2)22-17-6-3-5-16(19-17)14-8-10-15(11-9-14)23-12-4-7-18(20)21/h3,5-6,8-11,13H,4,7,12H2,1-2H3,(H,20,21). The predicted molar refractivity (Wildman–Crippen MR) is 93.0 cm³/mol. The summed E-state index contributed by atoms with van der Waals surface area (Å²) in [4.78, 5) is 16.1. The molecule has 0 radical (unpaired) electrons. The second kappa shape index (κ2) is 8.58. The topological polar surface area (TPSA) is 59.4 Å². The molecule has 4 nitrogen and oxygen atoms in total. The molecule has 2 rings (SSSR count). The zero-order valence-electron chi connectivity index (χ0n) is 13.4. The largest absolute Gasteiger partial charge is 0.481 e. The summed E-state index contributed by atoms with van der Waals surface area (Å²) in [6.07, 6.45) is 0.998. The molecule has 1 N–H and O–H groups in total. The van der Waals surface area contributed by atoms with Crippen LogP contribution in [0, 0.1) is 0 Å². The number of rotatable bonds is 8. The van der Waals surface area contributed by atoms with Crippen molar-refractivity contribution in [3.8, 4) is 17.1 Å². The molecule has 0 aliphatic rings. The van der Waals surface area contributed by atoms with Crippen molar-refractivity contribution in [3.05, 3.63) is 42.5 Å². The number of nitrogens with zero attached hydrogens (tertiary/aromatic N) is 1. The number of pyridine rings is 1. The first-order chi connectivity index (χ1) is 11.0. The zero-order valence-corrected chi connectivity index (χ0v) is 14.2. The van der Waals surface area contributed by atoms with Crippen molar-refractivity contribution in [2.24, 2.45) is 0 Å². The lowest BCUT2D eigenvalue weighted by atomic mass is 10.1. The van der Waals surface area contributed by atoms with E-state index in [-0.39, 0.29) is 12.5 Å². The van der Waals surface area contributed by atoms with Gasteiger partial charge in [0.1, 0.15) is 0 Å². The minimum Gasteiger partial charge on any atom is -0.481 e. The number of benzene rings is 1. The highest BCUT2D eigenvalue weighted by molar-refractivity contribution is 7.99. The molecule has 122 valence electrons. The Morgan fingerprint density at radius 3 is 2.61 bits per heavy atom. The van der Waals surface area contributed by atoms with Crippen molar-refractivity contribution in [1.82, 2.24) is 4.98 Å². The highest BCUT2D eigenvalue weighted by atomic mass is 32.2. The molecule has 1 aromatic carbocycles. The third-order valence-corrected chi connectivity index (χ3v) is 4.13. The molecule has 1 heterocycles. The minimum atomic E-state index is -0.740. The molecule has 1 aromatic heterocycles. The first kappa shape index (κ1) is 17.3. The molecule has 2 aromatic rings. The number of carboxylic acids is 1. The Morgan fingerprint density at radius 1 is 1.22 bits per heavy atom. The summed E-state index contributed by atoms with van der Waals surface area (Å²) < 4.78 is 5.62. The molecule has 0 amide bonds. The lowest BCUT2D eigenvalue weighted by Gasteiger charge is -2.10. The number of carbonyl (C=O) groups is 1. The van der Waals surface area contributed by atoms with E-state index in [1.165, 1.54) is 0 Å². The van der Waals surface area contributed by atoms with Gasteiger partial charge in [-0.05, 0) is 44.2 Å². The Bertz CT molecular complexity index is 641. The Hall–Kier alpha value is -2.01. The van der Waals surface area contributed by atoms with Gasteiger partial charge in [-0.15, -0.1) is 11.8 Å². The Labute approximate surface area is 140 Å². The maximum absolute atomic E-state index is 10.5. The van der Waals surface area contributed by atoms with Gasteiger partial charge in [0.25, 0.3) is 0 Å². The van der Waals surface area contributed by atoms with Crippen molar-refractivity contribution in [2.75, 3.05) is 5.75 Å². The van der Waals surface area contributed by atoms with Gasteiger partial charge in [0.15, 0.2) is 0 Å². The fraction of sp³-hybridized carbons (Fsp3) is 0.333. The summed E-state index contributed by atoms with van der Waals surface area (Å²) in [6.45, 7) is 3.95. The van der Waals surface area contributed by atoms with Crippen LogP contribution in [0.5, 0.6) is 5.88 Å². The molecule has 23 heavy (non-hydrogen) atoms. The van der Waals surface area contributed by atoms with Gasteiger partial charge in [0.2, 0.25) is 5.88 Å². The quantitative estimate of drug-likeness (QED) is 0.570. The van der Waals surface area contributed by atoms with E-state index in [4.69, 9.17) is 9.84 Å². The van der Waals surface area contributed by atoms with Crippen LogP contribution in [0.15, 0.2) is 47.4 Å². The summed E-state index contributed by atoms with van der Waals surface area (Å²) in [7, 11) is 0. The Balaban J connectivity index is 1.97. The monoisotopic (exact) mass is 331 g/mol. The summed E-state index contributed by atoms with van der Waals surface area (Å²) in [5.41, 5.74) is 1.92. The van der Waals surface area contributed by atoms with E-state index in [9.17, 15) is 4.79 Å². The molecule has 0 fully saturated rings. The Kier molecular flexibility index (Phi) is 6.47. The van der Waals surface area contributed by atoms with Crippen LogP contribution in [-0.2, 0) is 4.79 Å². The molecule has 0 aliphatic carbocycles. The average molecular weight is 331 g/mol. The molecular formula is C18H21NO3S. The maximum Gasteiger partial charge on any atom is 0.303 e. The second-order valence-electron chi connectivity index (χ2n) is 5.40. The number of thioether (sulfide) groups is 1. The van der Waals surface area contributed by atoms with E-state index < -0.39 is 5.97 Å². The average Bonchev–Trinajstić information content (AvgIpc) is 2.52. The summed E-state index contributed by atoms with van der Waals surface area (Å²) >= 11 is 1.67. The summed E-state index contributed by atoms with van der Waals surface area (Å²) in [5, 5.41) is 8.62. The van der Waals surface area contributed by atoms with Crippen LogP contribution >= 0.6 is 11.8 Å². The number of aliphatic carboxylic acids is 1.